The predicted molar refractivity (Wildman–Crippen MR) is 134 cm³/mol. The second-order valence-electron chi connectivity index (χ2n) is 8.98. The summed E-state index contributed by atoms with van der Waals surface area (Å²) in [6.07, 6.45) is 0. The van der Waals surface area contributed by atoms with Crippen LogP contribution in [0.1, 0.15) is 46.3 Å². The molecule has 0 spiro atoms. The number of ketones is 1. The average molecular weight is 490 g/mol. The number of likely N-dealkylation sites (tertiary alicyclic amines) is 1. The second kappa shape index (κ2) is 9.85. The summed E-state index contributed by atoms with van der Waals surface area (Å²) < 4.78 is 19.4. The van der Waals surface area contributed by atoms with Crippen molar-refractivity contribution in [3.8, 4) is 11.5 Å². The van der Waals surface area contributed by atoms with Gasteiger partial charge >= 0.3 is 0 Å². The molecule has 6 nitrogen and oxygen atoms in total. The van der Waals surface area contributed by atoms with Crippen LogP contribution in [-0.2, 0) is 16.1 Å². The Kier molecular flexibility index (Phi) is 6.84. The Balaban J connectivity index is 1.92. The summed E-state index contributed by atoms with van der Waals surface area (Å²) in [5.41, 5.74) is 3.73. The number of hydrogen-bond acceptors (Lipinski definition) is 5. The fourth-order valence-corrected chi connectivity index (χ4v) is 4.46. The number of halogens is 1. The molecule has 0 aromatic heterocycles. The SMILES string of the molecule is CCOc1cc(C2/C(=C(/O)c3ccc(F)c(C)c3)C(=O)C(=O)N2Cc2cc(C)ccc2C)ccc1O. The number of hydrogen-bond donors (Lipinski definition) is 2. The van der Waals surface area contributed by atoms with Crippen molar-refractivity contribution in [3.63, 3.8) is 0 Å². The van der Waals surface area contributed by atoms with Gasteiger partial charge < -0.3 is 19.8 Å². The third-order valence-corrected chi connectivity index (χ3v) is 6.42. The number of ether oxygens (including phenoxy) is 1. The molecular formula is C29H28FNO5. The first-order valence-corrected chi connectivity index (χ1v) is 11.7. The molecule has 4 rings (SSSR count). The van der Waals surface area contributed by atoms with E-state index in [1.54, 1.807) is 26.0 Å². The molecule has 0 radical (unpaired) electrons. The van der Waals surface area contributed by atoms with Gasteiger partial charge in [-0.25, -0.2) is 4.39 Å². The van der Waals surface area contributed by atoms with Crippen LogP contribution >= 0.6 is 0 Å². The van der Waals surface area contributed by atoms with Crippen LogP contribution in [0.15, 0.2) is 60.2 Å². The molecule has 1 atom stereocenters. The van der Waals surface area contributed by atoms with Crippen LogP contribution in [0.3, 0.4) is 0 Å². The Bertz CT molecular complexity index is 1390. The molecule has 186 valence electrons. The number of carbonyl (C=O) groups excluding carboxylic acids is 2. The van der Waals surface area contributed by atoms with E-state index in [1.807, 2.05) is 32.0 Å². The van der Waals surface area contributed by atoms with Crippen molar-refractivity contribution in [2.24, 2.45) is 0 Å². The van der Waals surface area contributed by atoms with Gasteiger partial charge in [0.15, 0.2) is 11.5 Å². The highest BCUT2D eigenvalue weighted by molar-refractivity contribution is 6.46. The van der Waals surface area contributed by atoms with E-state index in [0.29, 0.717) is 17.7 Å². The zero-order valence-corrected chi connectivity index (χ0v) is 20.6. The van der Waals surface area contributed by atoms with Gasteiger partial charge in [-0.15, -0.1) is 0 Å². The van der Waals surface area contributed by atoms with Crippen LogP contribution in [-0.4, -0.2) is 33.4 Å². The van der Waals surface area contributed by atoms with Gasteiger partial charge in [0.1, 0.15) is 11.6 Å². The monoisotopic (exact) mass is 489 g/mol. The third-order valence-electron chi connectivity index (χ3n) is 6.42. The van der Waals surface area contributed by atoms with Gasteiger partial charge in [0.05, 0.1) is 18.2 Å². The Hall–Kier alpha value is -4.13. The van der Waals surface area contributed by atoms with Gasteiger partial charge in [-0.1, -0.05) is 29.8 Å². The summed E-state index contributed by atoms with van der Waals surface area (Å²) in [6, 6.07) is 13.5. The standard InChI is InChI=1S/C29H28FNO5/c1-5-36-24-14-19(9-11-23(24)32)26-25(27(33)20-8-10-22(30)18(4)13-20)28(34)29(35)31(26)15-21-12-16(2)6-7-17(21)3/h6-14,26,32-33H,5,15H2,1-4H3/b27-25-. The molecule has 1 aliphatic heterocycles. The van der Waals surface area contributed by atoms with E-state index in [-0.39, 0.29) is 29.2 Å². The third kappa shape index (κ3) is 4.56. The summed E-state index contributed by atoms with van der Waals surface area (Å²) in [6.45, 7) is 7.63. The number of rotatable bonds is 6. The second-order valence-corrected chi connectivity index (χ2v) is 8.98. The Morgan fingerprint density at radius 2 is 1.75 bits per heavy atom. The van der Waals surface area contributed by atoms with Gasteiger partial charge in [0.2, 0.25) is 0 Å². The van der Waals surface area contributed by atoms with Gasteiger partial charge in [-0.3, -0.25) is 9.59 Å². The molecule has 3 aromatic carbocycles. The summed E-state index contributed by atoms with van der Waals surface area (Å²) in [5.74, 6) is -2.32. The molecule has 36 heavy (non-hydrogen) atoms. The minimum Gasteiger partial charge on any atom is -0.507 e. The zero-order chi connectivity index (χ0) is 26.1. The lowest BCUT2D eigenvalue weighted by Crippen LogP contribution is -2.29. The van der Waals surface area contributed by atoms with Gasteiger partial charge in [-0.05, 0) is 80.3 Å². The molecule has 0 saturated carbocycles. The zero-order valence-electron chi connectivity index (χ0n) is 20.6. The number of phenols is 1. The van der Waals surface area contributed by atoms with Gasteiger partial charge in [0.25, 0.3) is 11.7 Å². The smallest absolute Gasteiger partial charge is 0.295 e. The van der Waals surface area contributed by atoms with Crippen molar-refractivity contribution < 1.29 is 28.9 Å². The van der Waals surface area contributed by atoms with Gasteiger partial charge in [-0.2, -0.15) is 0 Å². The number of benzene rings is 3. The predicted octanol–water partition coefficient (Wildman–Crippen LogP) is 5.48. The molecule has 2 N–H and O–H groups in total. The largest absolute Gasteiger partial charge is 0.507 e. The minimum atomic E-state index is -0.949. The van der Waals surface area contributed by atoms with Crippen molar-refractivity contribution in [1.82, 2.24) is 4.90 Å². The number of aliphatic hydroxyl groups excluding tert-OH is 1. The number of aliphatic hydroxyl groups is 1. The van der Waals surface area contributed by atoms with E-state index in [1.165, 1.54) is 29.2 Å². The number of Topliss-reactive ketones (excluding diaryl/α,β-unsaturated/α-hetero) is 1. The molecule has 7 heteroatoms. The first kappa shape index (κ1) is 25.0. The summed E-state index contributed by atoms with van der Waals surface area (Å²) in [7, 11) is 0. The normalized spacial score (nSPS) is 17.0. The van der Waals surface area contributed by atoms with E-state index in [9.17, 15) is 24.2 Å². The minimum absolute atomic E-state index is 0.0822. The first-order valence-electron chi connectivity index (χ1n) is 11.7. The number of aromatic hydroxyl groups is 1. The number of aryl methyl sites for hydroxylation is 3. The fourth-order valence-electron chi connectivity index (χ4n) is 4.46. The molecule has 1 fully saturated rings. The van der Waals surface area contributed by atoms with E-state index in [0.717, 1.165) is 16.7 Å². The van der Waals surface area contributed by atoms with Crippen molar-refractivity contribution in [1.29, 1.82) is 0 Å². The molecule has 1 aliphatic rings. The Labute approximate surface area is 209 Å². The molecule has 1 saturated heterocycles. The van der Waals surface area contributed by atoms with E-state index in [2.05, 4.69) is 0 Å². The quantitative estimate of drug-likeness (QED) is 0.272. The van der Waals surface area contributed by atoms with Gasteiger partial charge in [0, 0.05) is 12.1 Å². The van der Waals surface area contributed by atoms with Crippen LogP contribution in [0.5, 0.6) is 11.5 Å². The number of carbonyl (C=O) groups is 2. The highest BCUT2D eigenvalue weighted by Gasteiger charge is 2.46. The molecule has 0 aliphatic carbocycles. The van der Waals surface area contributed by atoms with Crippen molar-refractivity contribution in [2.75, 3.05) is 6.61 Å². The lowest BCUT2D eigenvalue weighted by Gasteiger charge is -2.26. The molecular weight excluding hydrogens is 461 g/mol. The van der Waals surface area contributed by atoms with Crippen LogP contribution in [0, 0.1) is 26.6 Å². The van der Waals surface area contributed by atoms with Crippen molar-refractivity contribution in [2.45, 2.75) is 40.3 Å². The van der Waals surface area contributed by atoms with E-state index in [4.69, 9.17) is 4.74 Å². The molecule has 0 bridgehead atoms. The highest BCUT2D eigenvalue weighted by atomic mass is 19.1. The van der Waals surface area contributed by atoms with Crippen LogP contribution < -0.4 is 4.74 Å². The maximum Gasteiger partial charge on any atom is 0.295 e. The highest BCUT2D eigenvalue weighted by Crippen LogP contribution is 2.42. The summed E-state index contributed by atoms with van der Waals surface area (Å²) in [4.78, 5) is 28.1. The van der Waals surface area contributed by atoms with Crippen molar-refractivity contribution in [3.05, 3.63) is 99.4 Å². The Morgan fingerprint density at radius 1 is 1.00 bits per heavy atom. The first-order chi connectivity index (χ1) is 17.1. The van der Waals surface area contributed by atoms with E-state index < -0.39 is 29.3 Å². The topological polar surface area (TPSA) is 87.1 Å². The Morgan fingerprint density at radius 3 is 2.44 bits per heavy atom. The van der Waals surface area contributed by atoms with Crippen molar-refractivity contribution >= 4 is 17.4 Å². The average Bonchev–Trinajstić information content (AvgIpc) is 3.09. The van der Waals surface area contributed by atoms with Crippen LogP contribution in [0.4, 0.5) is 4.39 Å². The molecule has 1 amide bonds. The van der Waals surface area contributed by atoms with E-state index >= 15 is 0 Å². The van der Waals surface area contributed by atoms with Crippen LogP contribution in [0.25, 0.3) is 5.76 Å². The molecule has 3 aromatic rings. The summed E-state index contributed by atoms with van der Waals surface area (Å²) in [5, 5.41) is 21.5. The number of nitrogens with zero attached hydrogens (tertiary/aromatic N) is 1. The number of phenolic OH excluding ortho intramolecular Hbond substituents is 1. The number of amides is 1. The maximum absolute atomic E-state index is 13.9. The fraction of sp³-hybridized carbons (Fsp3) is 0.241. The summed E-state index contributed by atoms with van der Waals surface area (Å²) >= 11 is 0. The molecule has 1 heterocycles. The lowest BCUT2D eigenvalue weighted by atomic mass is 9.94. The maximum atomic E-state index is 13.9. The lowest BCUT2D eigenvalue weighted by molar-refractivity contribution is -0.140. The van der Waals surface area contributed by atoms with Crippen LogP contribution in [0.2, 0.25) is 0 Å². The molecule has 1 unspecified atom stereocenters.